The van der Waals surface area contributed by atoms with E-state index in [1.165, 1.54) is 13.0 Å². The van der Waals surface area contributed by atoms with Gasteiger partial charge in [0.05, 0.1) is 13.2 Å². The number of rotatable bonds is 4. The lowest BCUT2D eigenvalue weighted by Crippen LogP contribution is -2.42. The summed E-state index contributed by atoms with van der Waals surface area (Å²) in [5.74, 6) is 0. The van der Waals surface area contributed by atoms with E-state index in [9.17, 15) is 0 Å². The molecule has 12 heavy (non-hydrogen) atoms. The van der Waals surface area contributed by atoms with Crippen molar-refractivity contribution >= 4 is 0 Å². The first-order valence-electron chi connectivity index (χ1n) is 4.81. The normalized spacial score (nSPS) is 21.5. The van der Waals surface area contributed by atoms with Crippen molar-refractivity contribution in [3.8, 4) is 0 Å². The van der Waals surface area contributed by atoms with Crippen LogP contribution in [0.4, 0.5) is 0 Å². The Bertz CT molecular complexity index is 141. The Morgan fingerprint density at radius 1 is 1.42 bits per heavy atom. The van der Waals surface area contributed by atoms with Crippen molar-refractivity contribution in [2.75, 3.05) is 26.8 Å². The van der Waals surface area contributed by atoms with Gasteiger partial charge in [-0.05, 0) is 33.9 Å². The molecule has 2 heteroatoms. The summed E-state index contributed by atoms with van der Waals surface area (Å²) in [7, 11) is 2.19. The van der Waals surface area contributed by atoms with Crippen LogP contribution in [0.15, 0.2) is 0 Å². The third-order valence-corrected chi connectivity index (χ3v) is 2.85. The molecule has 0 atom stereocenters. The van der Waals surface area contributed by atoms with Crippen LogP contribution in [0.1, 0.15) is 27.2 Å². The molecule has 0 aromatic heterocycles. The molecule has 1 fully saturated rings. The van der Waals surface area contributed by atoms with Crippen LogP contribution in [0.3, 0.4) is 0 Å². The van der Waals surface area contributed by atoms with Crippen molar-refractivity contribution < 1.29 is 4.74 Å². The van der Waals surface area contributed by atoms with Crippen molar-refractivity contribution in [3.63, 3.8) is 0 Å². The number of hydrogen-bond acceptors (Lipinski definition) is 2. The minimum atomic E-state index is 0.475. The van der Waals surface area contributed by atoms with Gasteiger partial charge in [0.2, 0.25) is 0 Å². The Labute approximate surface area is 75.9 Å². The maximum Gasteiger partial charge on any atom is 0.0542 e. The minimum absolute atomic E-state index is 0.475. The first-order valence-corrected chi connectivity index (χ1v) is 4.81. The van der Waals surface area contributed by atoms with E-state index in [1.54, 1.807) is 0 Å². The summed E-state index contributed by atoms with van der Waals surface area (Å²) in [4.78, 5) is 2.39. The van der Waals surface area contributed by atoms with Crippen LogP contribution in [0, 0.1) is 5.41 Å². The largest absolute Gasteiger partial charge is 0.380 e. The van der Waals surface area contributed by atoms with Gasteiger partial charge in [-0.2, -0.15) is 0 Å². The van der Waals surface area contributed by atoms with Crippen molar-refractivity contribution in [2.24, 2.45) is 5.41 Å². The van der Waals surface area contributed by atoms with E-state index < -0.39 is 0 Å². The van der Waals surface area contributed by atoms with Gasteiger partial charge in [-0.1, -0.05) is 6.92 Å². The van der Waals surface area contributed by atoms with Gasteiger partial charge in [-0.15, -0.1) is 0 Å². The molecule has 1 aliphatic rings. The number of nitrogens with zero attached hydrogens (tertiary/aromatic N) is 1. The van der Waals surface area contributed by atoms with Crippen LogP contribution in [-0.4, -0.2) is 37.7 Å². The predicted octanol–water partition coefficient (Wildman–Crippen LogP) is 1.75. The van der Waals surface area contributed by atoms with Crippen molar-refractivity contribution in [2.45, 2.75) is 33.2 Å². The van der Waals surface area contributed by atoms with E-state index in [4.69, 9.17) is 4.74 Å². The summed E-state index contributed by atoms with van der Waals surface area (Å²) in [5, 5.41) is 0. The Morgan fingerprint density at radius 3 is 2.33 bits per heavy atom. The van der Waals surface area contributed by atoms with E-state index in [-0.39, 0.29) is 0 Å². The summed E-state index contributed by atoms with van der Waals surface area (Å²) < 4.78 is 5.21. The first-order chi connectivity index (χ1) is 5.53. The first kappa shape index (κ1) is 10.0. The van der Waals surface area contributed by atoms with Gasteiger partial charge in [-0.3, -0.25) is 0 Å². The molecule has 0 saturated carbocycles. The number of hydrogen-bond donors (Lipinski definition) is 0. The average molecular weight is 171 g/mol. The molecule has 0 spiro atoms. The lowest BCUT2D eigenvalue weighted by atomic mass is 9.85. The fraction of sp³-hybridized carbons (Fsp3) is 1.00. The second-order valence-corrected chi connectivity index (χ2v) is 4.63. The Kier molecular flexibility index (Phi) is 3.13. The van der Waals surface area contributed by atoms with Crippen molar-refractivity contribution in [1.82, 2.24) is 4.90 Å². The quantitative estimate of drug-likeness (QED) is 0.639. The van der Waals surface area contributed by atoms with Crippen LogP contribution in [-0.2, 0) is 4.74 Å². The molecule has 1 heterocycles. The van der Waals surface area contributed by atoms with Crippen LogP contribution >= 0.6 is 0 Å². The van der Waals surface area contributed by atoms with Crippen LogP contribution in [0.5, 0.6) is 0 Å². The third-order valence-electron chi connectivity index (χ3n) is 2.85. The average Bonchev–Trinajstić information content (AvgIpc) is 1.96. The summed E-state index contributed by atoms with van der Waals surface area (Å²) in [6, 6.07) is 0.662. The lowest BCUT2D eigenvalue weighted by Gasteiger charge is -2.39. The number of ether oxygens (including phenoxy) is 1. The molecule has 1 rings (SSSR count). The van der Waals surface area contributed by atoms with E-state index in [0.29, 0.717) is 11.5 Å². The van der Waals surface area contributed by atoms with Gasteiger partial charge in [0.1, 0.15) is 0 Å². The molecule has 0 unspecified atom stereocenters. The maximum atomic E-state index is 5.21. The summed E-state index contributed by atoms with van der Waals surface area (Å²) in [5.41, 5.74) is 0.475. The Hall–Kier alpha value is -0.0800. The summed E-state index contributed by atoms with van der Waals surface area (Å²) in [6.45, 7) is 9.89. The summed E-state index contributed by atoms with van der Waals surface area (Å²) >= 11 is 0. The molecule has 72 valence electrons. The third kappa shape index (κ3) is 2.46. The molecule has 0 bridgehead atoms. The highest BCUT2D eigenvalue weighted by Crippen LogP contribution is 2.30. The van der Waals surface area contributed by atoms with E-state index >= 15 is 0 Å². The molecule has 0 amide bonds. The van der Waals surface area contributed by atoms with E-state index in [2.05, 4.69) is 32.7 Å². The molecule has 0 N–H and O–H groups in total. The predicted molar refractivity (Wildman–Crippen MR) is 51.3 cm³/mol. The zero-order valence-corrected chi connectivity index (χ0v) is 8.76. The van der Waals surface area contributed by atoms with Crippen LogP contribution in [0.2, 0.25) is 0 Å². The molecule has 0 aromatic carbocycles. The van der Waals surface area contributed by atoms with Crippen LogP contribution in [0.25, 0.3) is 0 Å². The maximum absolute atomic E-state index is 5.21. The SMILES string of the molecule is CC(C)N(C)CCC1(C)COC1. The molecular formula is C10H21NO. The minimum Gasteiger partial charge on any atom is -0.380 e. The van der Waals surface area contributed by atoms with Gasteiger partial charge in [0.25, 0.3) is 0 Å². The Morgan fingerprint density at radius 2 is 2.00 bits per heavy atom. The van der Waals surface area contributed by atoms with Gasteiger partial charge in [0.15, 0.2) is 0 Å². The topological polar surface area (TPSA) is 12.5 Å². The smallest absolute Gasteiger partial charge is 0.0542 e. The molecular weight excluding hydrogens is 150 g/mol. The van der Waals surface area contributed by atoms with Gasteiger partial charge >= 0.3 is 0 Å². The standard InChI is InChI=1S/C10H21NO/c1-9(2)11(4)6-5-10(3)7-12-8-10/h9H,5-8H2,1-4H3. The van der Waals surface area contributed by atoms with E-state index in [0.717, 1.165) is 13.2 Å². The zero-order chi connectivity index (χ0) is 9.19. The zero-order valence-electron chi connectivity index (χ0n) is 8.76. The second-order valence-electron chi connectivity index (χ2n) is 4.63. The molecule has 1 aliphatic heterocycles. The molecule has 1 saturated heterocycles. The second kappa shape index (κ2) is 3.75. The molecule has 0 aromatic rings. The lowest BCUT2D eigenvalue weighted by molar-refractivity contribution is -0.108. The Balaban J connectivity index is 2.16. The monoisotopic (exact) mass is 171 g/mol. The highest BCUT2D eigenvalue weighted by atomic mass is 16.5. The van der Waals surface area contributed by atoms with Gasteiger partial charge in [0, 0.05) is 11.5 Å². The van der Waals surface area contributed by atoms with E-state index in [1.807, 2.05) is 0 Å². The highest BCUT2D eigenvalue weighted by Gasteiger charge is 2.32. The van der Waals surface area contributed by atoms with Crippen molar-refractivity contribution in [3.05, 3.63) is 0 Å². The molecule has 0 radical (unpaired) electrons. The van der Waals surface area contributed by atoms with Gasteiger partial charge < -0.3 is 9.64 Å². The molecule has 0 aliphatic carbocycles. The fourth-order valence-corrected chi connectivity index (χ4v) is 1.30. The summed E-state index contributed by atoms with van der Waals surface area (Å²) in [6.07, 6.45) is 1.27. The van der Waals surface area contributed by atoms with Crippen LogP contribution < -0.4 is 0 Å². The van der Waals surface area contributed by atoms with Gasteiger partial charge in [-0.25, -0.2) is 0 Å². The highest BCUT2D eigenvalue weighted by molar-refractivity contribution is 4.81. The molecule has 2 nitrogen and oxygen atoms in total. The fourth-order valence-electron chi connectivity index (χ4n) is 1.30. The van der Waals surface area contributed by atoms with Crippen molar-refractivity contribution in [1.29, 1.82) is 0 Å².